The Morgan fingerprint density at radius 3 is 2.54 bits per heavy atom. The zero-order valence-corrected chi connectivity index (χ0v) is 17.2. The van der Waals surface area contributed by atoms with Crippen molar-refractivity contribution in [1.29, 1.82) is 0 Å². The predicted molar refractivity (Wildman–Crippen MR) is 111 cm³/mol. The second kappa shape index (κ2) is 9.13. The molecule has 0 aliphatic rings. The van der Waals surface area contributed by atoms with Gasteiger partial charge in [0.25, 0.3) is 5.91 Å². The number of amides is 1. The maximum absolute atomic E-state index is 12.6. The Hall–Kier alpha value is -2.50. The molecule has 0 saturated heterocycles. The van der Waals surface area contributed by atoms with Gasteiger partial charge in [0.2, 0.25) is 0 Å². The van der Waals surface area contributed by atoms with E-state index in [0.29, 0.717) is 34.5 Å². The summed E-state index contributed by atoms with van der Waals surface area (Å²) in [6, 6.07) is 14.4. The van der Waals surface area contributed by atoms with E-state index in [2.05, 4.69) is 5.10 Å². The second-order valence-corrected chi connectivity index (χ2v) is 7.23. The molecule has 0 aliphatic carbocycles. The van der Waals surface area contributed by atoms with Crippen molar-refractivity contribution < 1.29 is 9.53 Å². The van der Waals surface area contributed by atoms with E-state index in [1.165, 1.54) is 0 Å². The first-order valence-electron chi connectivity index (χ1n) is 8.91. The van der Waals surface area contributed by atoms with Gasteiger partial charge >= 0.3 is 0 Å². The zero-order valence-electron chi connectivity index (χ0n) is 15.7. The van der Waals surface area contributed by atoms with Gasteiger partial charge in [-0.1, -0.05) is 35.3 Å². The Labute approximate surface area is 174 Å². The normalized spacial score (nSPS) is 10.7. The molecule has 5 nitrogen and oxygen atoms in total. The molecule has 0 N–H and O–H groups in total. The lowest BCUT2D eigenvalue weighted by Gasteiger charge is -2.16. The largest absolute Gasteiger partial charge is 0.487 e. The van der Waals surface area contributed by atoms with E-state index in [1.807, 2.05) is 36.0 Å². The third kappa shape index (κ3) is 5.06. The summed E-state index contributed by atoms with van der Waals surface area (Å²) in [4.78, 5) is 14.3. The second-order valence-electron chi connectivity index (χ2n) is 6.38. The van der Waals surface area contributed by atoms with Crippen molar-refractivity contribution >= 4 is 29.1 Å². The van der Waals surface area contributed by atoms with Crippen LogP contribution < -0.4 is 4.74 Å². The molecular formula is C21H21Cl2N3O2. The molecule has 28 heavy (non-hydrogen) atoms. The fraction of sp³-hybridized carbons (Fsp3) is 0.238. The summed E-state index contributed by atoms with van der Waals surface area (Å²) in [6.45, 7) is 3.64. The van der Waals surface area contributed by atoms with E-state index in [4.69, 9.17) is 27.9 Å². The van der Waals surface area contributed by atoms with Gasteiger partial charge in [-0.3, -0.25) is 9.48 Å². The molecule has 1 aromatic heterocycles. The van der Waals surface area contributed by atoms with Gasteiger partial charge in [-0.05, 0) is 48.9 Å². The molecule has 0 bridgehead atoms. The third-order valence-electron chi connectivity index (χ3n) is 4.25. The smallest absolute Gasteiger partial charge is 0.253 e. The first-order valence-corrected chi connectivity index (χ1v) is 9.66. The monoisotopic (exact) mass is 417 g/mol. The minimum absolute atomic E-state index is 0.0562. The van der Waals surface area contributed by atoms with Gasteiger partial charge in [0.15, 0.2) is 0 Å². The fourth-order valence-electron chi connectivity index (χ4n) is 2.70. The number of nitrogens with zero attached hydrogens (tertiary/aromatic N) is 3. The van der Waals surface area contributed by atoms with Crippen molar-refractivity contribution in [3.8, 4) is 5.75 Å². The van der Waals surface area contributed by atoms with Crippen LogP contribution in [0.15, 0.2) is 54.7 Å². The van der Waals surface area contributed by atoms with Crippen molar-refractivity contribution in [2.75, 3.05) is 7.05 Å². The van der Waals surface area contributed by atoms with Crippen molar-refractivity contribution in [2.24, 2.45) is 0 Å². The molecule has 3 aromatic rings. The fourth-order valence-corrected chi connectivity index (χ4v) is 3.16. The maximum atomic E-state index is 12.6. The number of carbonyl (C=O) groups is 1. The Morgan fingerprint density at radius 2 is 1.89 bits per heavy atom. The minimum atomic E-state index is -0.0562. The molecule has 1 amide bonds. The molecule has 0 fully saturated rings. The summed E-state index contributed by atoms with van der Waals surface area (Å²) in [6.07, 6.45) is 1.91. The molecule has 0 aliphatic heterocycles. The van der Waals surface area contributed by atoms with E-state index < -0.39 is 0 Å². The van der Waals surface area contributed by atoms with Gasteiger partial charge in [0, 0.05) is 30.4 Å². The number of benzene rings is 2. The quantitative estimate of drug-likeness (QED) is 0.539. The number of rotatable bonds is 7. The molecule has 3 rings (SSSR count). The van der Waals surface area contributed by atoms with Gasteiger partial charge in [0.05, 0.1) is 17.3 Å². The van der Waals surface area contributed by atoms with Crippen LogP contribution in [0, 0.1) is 0 Å². The highest BCUT2D eigenvalue weighted by molar-refractivity contribution is 6.35. The maximum Gasteiger partial charge on any atom is 0.253 e. The summed E-state index contributed by atoms with van der Waals surface area (Å²) >= 11 is 12.0. The number of aromatic nitrogens is 2. The summed E-state index contributed by atoms with van der Waals surface area (Å²) in [5, 5.41) is 5.44. The van der Waals surface area contributed by atoms with E-state index in [-0.39, 0.29) is 5.91 Å². The van der Waals surface area contributed by atoms with E-state index in [0.717, 1.165) is 17.8 Å². The molecule has 0 unspecified atom stereocenters. The summed E-state index contributed by atoms with van der Waals surface area (Å²) < 4.78 is 7.56. The van der Waals surface area contributed by atoms with Gasteiger partial charge in [0.1, 0.15) is 12.4 Å². The zero-order chi connectivity index (χ0) is 20.1. The number of ether oxygens (including phenoxy) is 1. The number of aryl methyl sites for hydroxylation is 1. The van der Waals surface area contributed by atoms with Crippen LogP contribution in [0.4, 0.5) is 0 Å². The Morgan fingerprint density at radius 1 is 1.14 bits per heavy atom. The number of hydrogen-bond donors (Lipinski definition) is 0. The van der Waals surface area contributed by atoms with Gasteiger partial charge in [-0.2, -0.15) is 5.10 Å². The van der Waals surface area contributed by atoms with E-state index in [1.54, 1.807) is 42.3 Å². The highest BCUT2D eigenvalue weighted by Gasteiger charge is 2.13. The highest BCUT2D eigenvalue weighted by Crippen LogP contribution is 2.28. The summed E-state index contributed by atoms with van der Waals surface area (Å²) in [5.41, 5.74) is 2.42. The van der Waals surface area contributed by atoms with Crippen molar-refractivity contribution in [3.05, 3.63) is 81.6 Å². The predicted octanol–water partition coefficient (Wildman–Crippen LogP) is 5.06. The van der Waals surface area contributed by atoms with Crippen LogP contribution in [0.1, 0.15) is 28.5 Å². The third-order valence-corrected chi connectivity index (χ3v) is 4.79. The topological polar surface area (TPSA) is 47.4 Å². The lowest BCUT2D eigenvalue weighted by Crippen LogP contribution is -2.26. The molecule has 0 atom stereocenters. The highest BCUT2D eigenvalue weighted by atomic mass is 35.5. The van der Waals surface area contributed by atoms with Gasteiger partial charge in [-0.25, -0.2) is 0 Å². The van der Waals surface area contributed by atoms with Crippen LogP contribution in [-0.2, 0) is 19.7 Å². The first-order chi connectivity index (χ1) is 13.5. The van der Waals surface area contributed by atoms with Crippen LogP contribution in [0.2, 0.25) is 10.0 Å². The SMILES string of the molecule is CCn1ccc(CN(C)C(=O)c2ccc(COc3ccc(Cl)cc3Cl)cc2)n1. The molecular weight excluding hydrogens is 397 g/mol. The molecule has 0 saturated carbocycles. The van der Waals surface area contributed by atoms with Crippen molar-refractivity contribution in [3.63, 3.8) is 0 Å². The lowest BCUT2D eigenvalue weighted by molar-refractivity contribution is 0.0783. The molecule has 1 heterocycles. The molecule has 0 spiro atoms. The lowest BCUT2D eigenvalue weighted by atomic mass is 10.1. The standard InChI is InChI=1S/C21H21Cl2N3O2/c1-3-26-11-10-18(24-26)13-25(2)21(27)16-6-4-15(5-7-16)14-28-20-9-8-17(22)12-19(20)23/h4-12H,3,13-14H2,1-2H3. The Kier molecular flexibility index (Phi) is 6.60. The number of hydrogen-bond acceptors (Lipinski definition) is 3. The minimum Gasteiger partial charge on any atom is -0.487 e. The van der Waals surface area contributed by atoms with Gasteiger partial charge < -0.3 is 9.64 Å². The van der Waals surface area contributed by atoms with Crippen molar-refractivity contribution in [1.82, 2.24) is 14.7 Å². The van der Waals surface area contributed by atoms with Crippen LogP contribution in [0.3, 0.4) is 0 Å². The van der Waals surface area contributed by atoms with Crippen LogP contribution in [-0.4, -0.2) is 27.6 Å². The average Bonchev–Trinajstić information content (AvgIpc) is 3.14. The number of halogens is 2. The molecule has 2 aromatic carbocycles. The molecule has 146 valence electrons. The molecule has 7 heteroatoms. The Bertz CT molecular complexity index is 955. The number of carbonyl (C=O) groups excluding carboxylic acids is 1. The van der Waals surface area contributed by atoms with Gasteiger partial charge in [-0.15, -0.1) is 0 Å². The van der Waals surface area contributed by atoms with Crippen LogP contribution in [0.5, 0.6) is 5.75 Å². The van der Waals surface area contributed by atoms with E-state index in [9.17, 15) is 4.79 Å². The molecule has 0 radical (unpaired) electrons. The van der Waals surface area contributed by atoms with Crippen LogP contribution >= 0.6 is 23.2 Å². The summed E-state index contributed by atoms with van der Waals surface area (Å²) in [5.74, 6) is 0.511. The summed E-state index contributed by atoms with van der Waals surface area (Å²) in [7, 11) is 1.77. The first kappa shape index (κ1) is 20.2. The average molecular weight is 418 g/mol. The van der Waals surface area contributed by atoms with E-state index >= 15 is 0 Å². The Balaban J connectivity index is 1.58. The van der Waals surface area contributed by atoms with Crippen LogP contribution in [0.25, 0.3) is 0 Å². The van der Waals surface area contributed by atoms with Crippen molar-refractivity contribution in [2.45, 2.75) is 26.6 Å².